The van der Waals surface area contributed by atoms with Gasteiger partial charge in [0.05, 0.1) is 6.42 Å². The molecule has 1 heterocycles. The van der Waals surface area contributed by atoms with Gasteiger partial charge in [-0.3, -0.25) is 4.90 Å². The van der Waals surface area contributed by atoms with Crippen LogP contribution in [0.15, 0.2) is 0 Å². The van der Waals surface area contributed by atoms with E-state index in [1.807, 2.05) is 0 Å². The molecule has 0 radical (unpaired) electrons. The summed E-state index contributed by atoms with van der Waals surface area (Å²) in [6, 6.07) is 0.285. The first-order chi connectivity index (χ1) is 9.83. The lowest BCUT2D eigenvalue weighted by molar-refractivity contribution is -0.141. The third-order valence-corrected chi connectivity index (χ3v) is 5.42. The molecule has 1 saturated carbocycles. The zero-order valence-electron chi connectivity index (χ0n) is 13.3. The molecular weight excluding hydrogens is 277 g/mol. The molecule has 0 aromatic heterocycles. The molecule has 2 aliphatic rings. The lowest BCUT2D eigenvalue weighted by Crippen LogP contribution is -2.64. The summed E-state index contributed by atoms with van der Waals surface area (Å²) >= 11 is 0. The van der Waals surface area contributed by atoms with Crippen molar-refractivity contribution in [2.75, 3.05) is 19.6 Å². The van der Waals surface area contributed by atoms with Crippen molar-refractivity contribution in [1.82, 2.24) is 10.2 Å². The summed E-state index contributed by atoms with van der Waals surface area (Å²) in [5.74, 6) is 0.570. The number of halogens is 3. The SMILES string of the molecule is CCC1(C)CN(CCC(F)(F)F)C(C2CCCCC2)CN1. The summed E-state index contributed by atoms with van der Waals surface area (Å²) in [6.07, 6.45) is 2.33. The molecule has 2 fully saturated rings. The Bertz CT molecular complexity index is 326. The first-order valence-corrected chi connectivity index (χ1v) is 8.39. The summed E-state index contributed by atoms with van der Waals surface area (Å²) < 4.78 is 37.8. The van der Waals surface area contributed by atoms with Crippen LogP contribution >= 0.6 is 0 Å². The maximum atomic E-state index is 12.6. The second kappa shape index (κ2) is 6.86. The third-order valence-electron chi connectivity index (χ3n) is 5.42. The summed E-state index contributed by atoms with van der Waals surface area (Å²) in [7, 11) is 0. The van der Waals surface area contributed by atoms with Crippen LogP contribution in [0.1, 0.15) is 58.8 Å². The fourth-order valence-corrected chi connectivity index (χ4v) is 3.84. The summed E-state index contributed by atoms with van der Waals surface area (Å²) in [4.78, 5) is 2.13. The molecule has 2 unspecified atom stereocenters. The minimum Gasteiger partial charge on any atom is -0.309 e. The minimum atomic E-state index is -4.05. The van der Waals surface area contributed by atoms with E-state index in [0.29, 0.717) is 5.92 Å². The van der Waals surface area contributed by atoms with Crippen LogP contribution in [0.5, 0.6) is 0 Å². The average Bonchev–Trinajstić information content (AvgIpc) is 2.45. The van der Waals surface area contributed by atoms with Gasteiger partial charge in [-0.05, 0) is 32.1 Å². The number of alkyl halides is 3. The van der Waals surface area contributed by atoms with E-state index in [-0.39, 0.29) is 18.1 Å². The molecule has 0 spiro atoms. The molecule has 21 heavy (non-hydrogen) atoms. The van der Waals surface area contributed by atoms with Crippen molar-refractivity contribution in [1.29, 1.82) is 0 Å². The van der Waals surface area contributed by atoms with Crippen molar-refractivity contribution < 1.29 is 13.2 Å². The van der Waals surface area contributed by atoms with E-state index in [1.165, 1.54) is 32.1 Å². The molecule has 2 nitrogen and oxygen atoms in total. The predicted molar refractivity (Wildman–Crippen MR) is 79.3 cm³/mol. The fourth-order valence-electron chi connectivity index (χ4n) is 3.84. The molecule has 0 amide bonds. The van der Waals surface area contributed by atoms with Crippen molar-refractivity contribution in [2.45, 2.75) is 76.6 Å². The second-order valence-electron chi connectivity index (χ2n) is 7.10. The van der Waals surface area contributed by atoms with Gasteiger partial charge in [-0.15, -0.1) is 0 Å². The first-order valence-electron chi connectivity index (χ1n) is 8.39. The summed E-state index contributed by atoms with van der Waals surface area (Å²) in [5.41, 5.74) is -0.0449. The molecule has 1 saturated heterocycles. The maximum Gasteiger partial charge on any atom is 0.390 e. The smallest absolute Gasteiger partial charge is 0.309 e. The zero-order chi connectivity index (χ0) is 15.5. The van der Waals surface area contributed by atoms with Crippen molar-refractivity contribution in [3.05, 3.63) is 0 Å². The fraction of sp³-hybridized carbons (Fsp3) is 1.00. The van der Waals surface area contributed by atoms with Gasteiger partial charge in [0.25, 0.3) is 0 Å². The topological polar surface area (TPSA) is 15.3 Å². The zero-order valence-corrected chi connectivity index (χ0v) is 13.3. The van der Waals surface area contributed by atoms with E-state index in [9.17, 15) is 13.2 Å². The van der Waals surface area contributed by atoms with Crippen LogP contribution in [0, 0.1) is 5.92 Å². The van der Waals surface area contributed by atoms with Crippen molar-refractivity contribution in [3.8, 4) is 0 Å². The number of nitrogens with one attached hydrogen (secondary N) is 1. The minimum absolute atomic E-state index is 0.0449. The molecule has 0 aromatic carbocycles. The predicted octanol–water partition coefficient (Wildman–Crippen LogP) is 3.96. The number of hydrogen-bond donors (Lipinski definition) is 1. The molecule has 1 N–H and O–H groups in total. The molecular formula is C16H29F3N2. The molecule has 5 heteroatoms. The van der Waals surface area contributed by atoms with Crippen LogP contribution < -0.4 is 5.32 Å². The highest BCUT2D eigenvalue weighted by Gasteiger charge is 2.39. The summed E-state index contributed by atoms with van der Waals surface area (Å²) in [5, 5.41) is 3.60. The van der Waals surface area contributed by atoms with Gasteiger partial charge in [-0.1, -0.05) is 26.2 Å². The lowest BCUT2D eigenvalue weighted by Gasteiger charge is -2.49. The highest BCUT2D eigenvalue weighted by Crippen LogP contribution is 2.33. The first kappa shape index (κ1) is 17.1. The largest absolute Gasteiger partial charge is 0.390 e. The van der Waals surface area contributed by atoms with E-state index in [1.54, 1.807) is 0 Å². The van der Waals surface area contributed by atoms with Gasteiger partial charge in [0.15, 0.2) is 0 Å². The highest BCUT2D eigenvalue weighted by atomic mass is 19.4. The number of rotatable bonds is 4. The van der Waals surface area contributed by atoms with Gasteiger partial charge < -0.3 is 5.32 Å². The van der Waals surface area contributed by atoms with Crippen molar-refractivity contribution in [2.24, 2.45) is 5.92 Å². The van der Waals surface area contributed by atoms with Crippen molar-refractivity contribution in [3.63, 3.8) is 0 Å². The van der Waals surface area contributed by atoms with Crippen LogP contribution in [-0.2, 0) is 0 Å². The van der Waals surface area contributed by atoms with Gasteiger partial charge in [0, 0.05) is 31.2 Å². The van der Waals surface area contributed by atoms with E-state index >= 15 is 0 Å². The quantitative estimate of drug-likeness (QED) is 0.845. The Kier molecular flexibility index (Phi) is 5.58. The molecule has 0 bridgehead atoms. The van der Waals surface area contributed by atoms with Crippen LogP contribution in [0.3, 0.4) is 0 Å². The number of nitrogens with zero attached hydrogens (tertiary/aromatic N) is 1. The Hall–Kier alpha value is -0.290. The van der Waals surface area contributed by atoms with Gasteiger partial charge in [-0.2, -0.15) is 13.2 Å². The molecule has 2 rings (SSSR count). The van der Waals surface area contributed by atoms with Gasteiger partial charge in [-0.25, -0.2) is 0 Å². The van der Waals surface area contributed by atoms with Crippen molar-refractivity contribution >= 4 is 0 Å². The molecule has 0 aromatic rings. The van der Waals surface area contributed by atoms with Gasteiger partial charge in [0.1, 0.15) is 0 Å². The monoisotopic (exact) mass is 306 g/mol. The number of piperazine rings is 1. The van der Waals surface area contributed by atoms with Crippen LogP contribution in [0.25, 0.3) is 0 Å². The lowest BCUT2D eigenvalue weighted by atomic mass is 9.80. The van der Waals surface area contributed by atoms with E-state index < -0.39 is 12.6 Å². The Morgan fingerprint density at radius 3 is 2.43 bits per heavy atom. The van der Waals surface area contributed by atoms with Crippen LogP contribution in [0.4, 0.5) is 13.2 Å². The van der Waals surface area contributed by atoms with E-state index in [4.69, 9.17) is 0 Å². The standard InChI is InChI=1S/C16H29F3N2/c1-3-15(2)12-21(10-9-16(17,18)19)14(11-20-15)13-7-5-4-6-8-13/h13-14,20H,3-12H2,1-2H3. The Labute approximate surface area is 126 Å². The third kappa shape index (κ3) is 4.85. The highest BCUT2D eigenvalue weighted by molar-refractivity contribution is 4.97. The Morgan fingerprint density at radius 1 is 1.19 bits per heavy atom. The molecule has 2 atom stereocenters. The van der Waals surface area contributed by atoms with Crippen LogP contribution in [-0.4, -0.2) is 42.3 Å². The maximum absolute atomic E-state index is 12.6. The molecule has 1 aliphatic carbocycles. The van der Waals surface area contributed by atoms with Crippen LogP contribution in [0.2, 0.25) is 0 Å². The summed E-state index contributed by atoms with van der Waals surface area (Å²) in [6.45, 7) is 5.97. The second-order valence-corrected chi connectivity index (χ2v) is 7.10. The molecule has 124 valence electrons. The van der Waals surface area contributed by atoms with Gasteiger partial charge >= 0.3 is 6.18 Å². The van der Waals surface area contributed by atoms with E-state index in [2.05, 4.69) is 24.1 Å². The normalized spacial score (nSPS) is 33.3. The average molecular weight is 306 g/mol. The Balaban J connectivity index is 2.02. The molecule has 1 aliphatic heterocycles. The van der Waals surface area contributed by atoms with Gasteiger partial charge in [0.2, 0.25) is 0 Å². The Morgan fingerprint density at radius 2 is 1.86 bits per heavy atom. The number of hydrogen-bond acceptors (Lipinski definition) is 2. The van der Waals surface area contributed by atoms with E-state index in [0.717, 1.165) is 19.5 Å².